The molecule has 2 rings (SSSR count). The summed E-state index contributed by atoms with van der Waals surface area (Å²) in [5.41, 5.74) is 0. The molecule has 1 aliphatic rings. The van der Waals surface area contributed by atoms with Crippen LogP contribution in [0.5, 0.6) is 0 Å². The van der Waals surface area contributed by atoms with Crippen molar-refractivity contribution in [1.29, 1.82) is 0 Å². The number of hydrogen-bond donors (Lipinski definition) is 2. The molecule has 1 unspecified atom stereocenters. The van der Waals surface area contributed by atoms with Crippen molar-refractivity contribution in [3.05, 3.63) is 30.3 Å². The maximum atomic E-state index is 11.8. The Hall–Kier alpha value is -1.00. The zero-order chi connectivity index (χ0) is 12.8. The first-order chi connectivity index (χ1) is 8.77. The smallest absolute Gasteiger partial charge is 0.223 e. The molecule has 1 heterocycles. The summed E-state index contributed by atoms with van der Waals surface area (Å²) in [7, 11) is 0. The normalized spacial score (nSPS) is 16.9. The molecular formula is C14H20N2OS. The van der Waals surface area contributed by atoms with Crippen molar-refractivity contribution in [3.8, 4) is 0 Å². The van der Waals surface area contributed by atoms with Gasteiger partial charge in [0.25, 0.3) is 0 Å². The van der Waals surface area contributed by atoms with Gasteiger partial charge in [-0.1, -0.05) is 25.1 Å². The first-order valence-corrected chi connectivity index (χ1v) is 7.42. The number of thioether (sulfide) groups is 1. The van der Waals surface area contributed by atoms with Gasteiger partial charge in [-0.25, -0.2) is 0 Å². The Bertz CT molecular complexity index is 379. The molecule has 1 aromatic carbocycles. The molecule has 18 heavy (non-hydrogen) atoms. The van der Waals surface area contributed by atoms with E-state index in [1.165, 1.54) is 4.90 Å². The molecule has 1 aromatic rings. The van der Waals surface area contributed by atoms with E-state index in [2.05, 4.69) is 22.8 Å². The van der Waals surface area contributed by atoms with Gasteiger partial charge in [0, 0.05) is 23.1 Å². The standard InChI is InChI=1S/C14H20N2OS/c1-11(12-9-15-10-12)14(17)16-7-8-18-13-5-3-2-4-6-13/h2-6,11-12,15H,7-10H2,1H3,(H,16,17). The van der Waals surface area contributed by atoms with Crippen LogP contribution in [0.4, 0.5) is 0 Å². The third-order valence-electron chi connectivity index (χ3n) is 3.35. The van der Waals surface area contributed by atoms with Crippen molar-refractivity contribution in [3.63, 3.8) is 0 Å². The minimum atomic E-state index is 0.132. The van der Waals surface area contributed by atoms with Crippen molar-refractivity contribution in [2.45, 2.75) is 11.8 Å². The topological polar surface area (TPSA) is 41.1 Å². The fourth-order valence-corrected chi connectivity index (χ4v) is 2.69. The Balaban J connectivity index is 1.61. The van der Waals surface area contributed by atoms with Gasteiger partial charge in [-0.05, 0) is 31.1 Å². The zero-order valence-corrected chi connectivity index (χ0v) is 11.5. The van der Waals surface area contributed by atoms with Crippen LogP contribution in [0.15, 0.2) is 35.2 Å². The van der Waals surface area contributed by atoms with Gasteiger partial charge in [0.2, 0.25) is 5.91 Å². The molecule has 0 saturated carbocycles. The van der Waals surface area contributed by atoms with Crippen LogP contribution in [-0.2, 0) is 4.79 Å². The lowest BCUT2D eigenvalue weighted by molar-refractivity contribution is -0.126. The fourth-order valence-electron chi connectivity index (χ4n) is 1.90. The van der Waals surface area contributed by atoms with Crippen molar-refractivity contribution in [1.82, 2.24) is 10.6 Å². The van der Waals surface area contributed by atoms with Crippen LogP contribution in [0.2, 0.25) is 0 Å². The Morgan fingerprint density at radius 1 is 1.44 bits per heavy atom. The highest BCUT2D eigenvalue weighted by molar-refractivity contribution is 7.99. The minimum Gasteiger partial charge on any atom is -0.355 e. The number of hydrogen-bond acceptors (Lipinski definition) is 3. The summed E-state index contributed by atoms with van der Waals surface area (Å²) in [4.78, 5) is 13.1. The first-order valence-electron chi connectivity index (χ1n) is 6.43. The highest BCUT2D eigenvalue weighted by Crippen LogP contribution is 2.17. The molecule has 3 nitrogen and oxygen atoms in total. The van der Waals surface area contributed by atoms with Crippen LogP contribution < -0.4 is 10.6 Å². The monoisotopic (exact) mass is 264 g/mol. The van der Waals surface area contributed by atoms with Crippen LogP contribution in [0, 0.1) is 11.8 Å². The molecule has 2 N–H and O–H groups in total. The van der Waals surface area contributed by atoms with Crippen molar-refractivity contribution < 1.29 is 4.79 Å². The second-order valence-corrected chi connectivity index (χ2v) is 5.83. The van der Waals surface area contributed by atoms with Gasteiger partial charge in [-0.3, -0.25) is 4.79 Å². The van der Waals surface area contributed by atoms with Crippen LogP contribution >= 0.6 is 11.8 Å². The molecule has 0 radical (unpaired) electrons. The molecule has 1 amide bonds. The van der Waals surface area contributed by atoms with E-state index in [1.807, 2.05) is 25.1 Å². The van der Waals surface area contributed by atoms with Crippen molar-refractivity contribution in [2.75, 3.05) is 25.4 Å². The predicted octanol–water partition coefficient (Wildman–Crippen LogP) is 1.75. The Morgan fingerprint density at radius 3 is 2.78 bits per heavy atom. The van der Waals surface area contributed by atoms with E-state index < -0.39 is 0 Å². The van der Waals surface area contributed by atoms with E-state index in [-0.39, 0.29) is 11.8 Å². The van der Waals surface area contributed by atoms with E-state index >= 15 is 0 Å². The second-order valence-electron chi connectivity index (χ2n) is 4.66. The number of carbonyl (C=O) groups excluding carboxylic acids is 1. The molecule has 4 heteroatoms. The van der Waals surface area contributed by atoms with E-state index in [1.54, 1.807) is 11.8 Å². The number of rotatable bonds is 6. The van der Waals surface area contributed by atoms with Gasteiger partial charge in [0.1, 0.15) is 0 Å². The lowest BCUT2D eigenvalue weighted by atomic mass is 9.88. The van der Waals surface area contributed by atoms with Gasteiger partial charge in [0.15, 0.2) is 0 Å². The number of carbonyl (C=O) groups is 1. The number of benzene rings is 1. The highest BCUT2D eigenvalue weighted by atomic mass is 32.2. The summed E-state index contributed by atoms with van der Waals surface area (Å²) < 4.78 is 0. The van der Waals surface area contributed by atoms with E-state index in [9.17, 15) is 4.79 Å². The van der Waals surface area contributed by atoms with Gasteiger partial charge in [0.05, 0.1) is 0 Å². The van der Waals surface area contributed by atoms with Crippen molar-refractivity contribution >= 4 is 17.7 Å². The largest absolute Gasteiger partial charge is 0.355 e. The lowest BCUT2D eigenvalue weighted by Crippen LogP contribution is -2.49. The van der Waals surface area contributed by atoms with Crippen molar-refractivity contribution in [2.24, 2.45) is 11.8 Å². The molecule has 0 bridgehead atoms. The summed E-state index contributed by atoms with van der Waals surface area (Å²) in [6.45, 7) is 4.72. The summed E-state index contributed by atoms with van der Waals surface area (Å²) >= 11 is 1.78. The van der Waals surface area contributed by atoms with Crippen LogP contribution in [-0.4, -0.2) is 31.3 Å². The summed E-state index contributed by atoms with van der Waals surface area (Å²) in [5, 5.41) is 6.22. The van der Waals surface area contributed by atoms with Gasteiger partial charge in [-0.15, -0.1) is 11.8 Å². The fraction of sp³-hybridized carbons (Fsp3) is 0.500. The third kappa shape index (κ3) is 3.75. The molecular weight excluding hydrogens is 244 g/mol. The SMILES string of the molecule is CC(C(=O)NCCSc1ccccc1)C1CNC1. The quantitative estimate of drug-likeness (QED) is 0.607. The Kier molecular flexibility index (Phi) is 5.08. The first kappa shape index (κ1) is 13.4. The maximum absolute atomic E-state index is 11.8. The van der Waals surface area contributed by atoms with Gasteiger partial charge < -0.3 is 10.6 Å². The summed E-state index contributed by atoms with van der Waals surface area (Å²) in [6, 6.07) is 10.3. The van der Waals surface area contributed by atoms with Crippen LogP contribution in [0.1, 0.15) is 6.92 Å². The Morgan fingerprint density at radius 2 is 2.17 bits per heavy atom. The summed E-state index contributed by atoms with van der Waals surface area (Å²) in [5.74, 6) is 1.76. The second kappa shape index (κ2) is 6.81. The molecule has 0 aliphatic carbocycles. The molecule has 1 saturated heterocycles. The van der Waals surface area contributed by atoms with E-state index in [0.717, 1.165) is 25.4 Å². The number of nitrogens with one attached hydrogen (secondary N) is 2. The van der Waals surface area contributed by atoms with Gasteiger partial charge in [-0.2, -0.15) is 0 Å². The van der Waals surface area contributed by atoms with Crippen LogP contribution in [0.3, 0.4) is 0 Å². The zero-order valence-electron chi connectivity index (χ0n) is 10.7. The lowest BCUT2D eigenvalue weighted by Gasteiger charge is -2.31. The molecule has 1 aliphatic heterocycles. The van der Waals surface area contributed by atoms with Crippen LogP contribution in [0.25, 0.3) is 0 Å². The third-order valence-corrected chi connectivity index (χ3v) is 4.36. The average Bonchev–Trinajstić information content (AvgIpc) is 2.33. The molecule has 0 spiro atoms. The van der Waals surface area contributed by atoms with Gasteiger partial charge >= 0.3 is 0 Å². The molecule has 1 atom stereocenters. The maximum Gasteiger partial charge on any atom is 0.223 e. The predicted molar refractivity (Wildman–Crippen MR) is 75.7 cm³/mol. The molecule has 98 valence electrons. The highest BCUT2D eigenvalue weighted by Gasteiger charge is 2.28. The number of amides is 1. The van der Waals surface area contributed by atoms with E-state index in [4.69, 9.17) is 0 Å². The summed E-state index contributed by atoms with van der Waals surface area (Å²) in [6.07, 6.45) is 0. The minimum absolute atomic E-state index is 0.132. The molecule has 0 aromatic heterocycles. The van der Waals surface area contributed by atoms with E-state index in [0.29, 0.717) is 5.92 Å². The molecule has 1 fully saturated rings. The average molecular weight is 264 g/mol. The Labute approximate surface area is 113 Å².